The summed E-state index contributed by atoms with van der Waals surface area (Å²) < 4.78 is 31.8. The predicted octanol–water partition coefficient (Wildman–Crippen LogP) is 5.39. The summed E-state index contributed by atoms with van der Waals surface area (Å²) in [5, 5.41) is 21.4. The van der Waals surface area contributed by atoms with Crippen molar-refractivity contribution in [2.24, 2.45) is 0 Å². The lowest BCUT2D eigenvalue weighted by molar-refractivity contribution is -0.110. The van der Waals surface area contributed by atoms with Crippen molar-refractivity contribution in [1.82, 2.24) is 0 Å². The Morgan fingerprint density at radius 2 is 1.16 bits per heavy atom. The maximum Gasteiger partial charge on any atom is 0.382 e. The van der Waals surface area contributed by atoms with Crippen LogP contribution in [0.4, 0.5) is 0 Å². The molecule has 190 valence electrons. The predicted molar refractivity (Wildman–Crippen MR) is 142 cm³/mol. The Hall–Kier alpha value is -3.25. The van der Waals surface area contributed by atoms with Crippen LogP contribution in [0.15, 0.2) is 121 Å². The molecule has 2 N–H and O–H groups in total. The van der Waals surface area contributed by atoms with Crippen molar-refractivity contribution < 1.29 is 28.6 Å². The number of aliphatic hydroxyl groups is 2. The second-order valence-corrected chi connectivity index (χ2v) is 11.0. The molecule has 4 aromatic carbocycles. The van der Waals surface area contributed by atoms with E-state index >= 15 is 0 Å². The van der Waals surface area contributed by atoms with Crippen molar-refractivity contribution in [3.63, 3.8) is 0 Å². The number of ether oxygens (including phenoxy) is 1. The minimum absolute atomic E-state index is 0.154. The van der Waals surface area contributed by atoms with E-state index in [1.165, 1.54) is 0 Å². The largest absolute Gasteiger partial charge is 0.424 e. The minimum Gasteiger partial charge on any atom is -0.424 e. The molecule has 0 unspecified atom stereocenters. The highest BCUT2D eigenvalue weighted by Crippen LogP contribution is 2.54. The van der Waals surface area contributed by atoms with E-state index in [2.05, 4.69) is 0 Å². The fourth-order valence-corrected chi connectivity index (χ4v) is 6.62. The lowest BCUT2D eigenvalue weighted by Gasteiger charge is -2.40. The van der Waals surface area contributed by atoms with Gasteiger partial charge in [0.15, 0.2) is 0 Å². The van der Waals surface area contributed by atoms with Gasteiger partial charge in [-0.1, -0.05) is 109 Å². The van der Waals surface area contributed by atoms with E-state index in [9.17, 15) is 14.8 Å². The Morgan fingerprint density at radius 1 is 0.730 bits per heavy atom. The number of aliphatic hydroxyl groups excluding tert-OH is 2. The highest BCUT2D eigenvalue weighted by molar-refractivity contribution is 7.54. The third-order valence-corrected chi connectivity index (χ3v) is 8.38. The Kier molecular flexibility index (Phi) is 7.56. The third-order valence-electron chi connectivity index (χ3n) is 6.47. The molecule has 0 saturated carbocycles. The van der Waals surface area contributed by atoms with Crippen molar-refractivity contribution in [2.75, 3.05) is 12.8 Å². The van der Waals surface area contributed by atoms with Gasteiger partial charge in [0, 0.05) is 0 Å². The minimum atomic E-state index is -3.77. The van der Waals surface area contributed by atoms with E-state index in [4.69, 9.17) is 13.8 Å². The Morgan fingerprint density at radius 3 is 1.62 bits per heavy atom. The summed E-state index contributed by atoms with van der Waals surface area (Å²) in [7, 11) is -3.77. The second kappa shape index (κ2) is 11.0. The third kappa shape index (κ3) is 5.40. The van der Waals surface area contributed by atoms with Gasteiger partial charge < -0.3 is 19.5 Å². The molecule has 1 fully saturated rings. The summed E-state index contributed by atoms with van der Waals surface area (Å²) in [4.78, 5) is 0. The highest BCUT2D eigenvalue weighted by atomic mass is 31.2. The van der Waals surface area contributed by atoms with Crippen LogP contribution in [0.5, 0.6) is 5.75 Å². The molecule has 1 aliphatic rings. The number of rotatable bonds is 8. The number of benzene rings is 4. The normalized spacial score (nSPS) is 23.9. The summed E-state index contributed by atoms with van der Waals surface area (Å²) in [6.07, 6.45) is -4.01. The molecule has 4 atom stereocenters. The first-order valence-corrected chi connectivity index (χ1v) is 13.9. The SMILES string of the molecule is O=[P@]1(Oc2ccccc2)C[C@H](O)[C@H](O)[C@@H](COC(c2ccccc2)(c2ccccc2)c2ccccc2)O1. The molecule has 0 aromatic heterocycles. The van der Waals surface area contributed by atoms with Gasteiger partial charge in [-0.15, -0.1) is 0 Å². The molecule has 1 heterocycles. The lowest BCUT2D eigenvalue weighted by atomic mass is 9.80. The number of hydrogen-bond donors (Lipinski definition) is 2. The molecule has 6 nitrogen and oxygen atoms in total. The Labute approximate surface area is 216 Å². The van der Waals surface area contributed by atoms with Crippen molar-refractivity contribution >= 4 is 7.60 Å². The van der Waals surface area contributed by atoms with E-state index in [1.807, 2.05) is 97.1 Å². The fourth-order valence-electron chi connectivity index (χ4n) is 4.70. The molecule has 37 heavy (non-hydrogen) atoms. The Bertz CT molecular complexity index is 1220. The van der Waals surface area contributed by atoms with Crippen LogP contribution in [0.3, 0.4) is 0 Å². The van der Waals surface area contributed by atoms with Gasteiger partial charge in [0.1, 0.15) is 23.6 Å². The van der Waals surface area contributed by atoms with Gasteiger partial charge in [-0.2, -0.15) is 0 Å². The zero-order valence-corrected chi connectivity index (χ0v) is 21.1. The summed E-state index contributed by atoms with van der Waals surface area (Å²) in [5.74, 6) is 0.362. The average molecular weight is 517 g/mol. The fraction of sp³-hybridized carbons (Fsp3) is 0.200. The zero-order chi connectivity index (χ0) is 25.7. The molecule has 0 spiro atoms. The lowest BCUT2D eigenvalue weighted by Crippen LogP contribution is -2.49. The maximum atomic E-state index is 13.5. The van der Waals surface area contributed by atoms with Crippen LogP contribution in [0.25, 0.3) is 0 Å². The molecule has 0 amide bonds. The number of para-hydroxylation sites is 1. The second-order valence-electron chi connectivity index (χ2n) is 8.99. The molecule has 1 aliphatic heterocycles. The first-order valence-electron chi connectivity index (χ1n) is 12.2. The Balaban J connectivity index is 1.51. The van der Waals surface area contributed by atoms with Crippen LogP contribution < -0.4 is 4.52 Å². The molecular weight excluding hydrogens is 487 g/mol. The van der Waals surface area contributed by atoms with Gasteiger partial charge in [0.05, 0.1) is 18.9 Å². The highest BCUT2D eigenvalue weighted by Gasteiger charge is 2.47. The van der Waals surface area contributed by atoms with Crippen LogP contribution in [-0.4, -0.2) is 41.3 Å². The summed E-state index contributed by atoms with van der Waals surface area (Å²) in [6, 6.07) is 38.0. The van der Waals surface area contributed by atoms with E-state index in [-0.39, 0.29) is 12.8 Å². The molecule has 1 saturated heterocycles. The molecular formula is C30H29O6P. The standard InChI is InChI=1S/C30H29O6P/c31-27-22-37(33,35-26-19-11-4-12-20-26)36-28(29(27)32)21-34-30(23-13-5-1-6-14-23,24-15-7-2-8-16-24)25-17-9-3-10-18-25/h1-20,27-29,31-32H,21-22H2/t27-,28+,29-,37-/m0/s1. The zero-order valence-electron chi connectivity index (χ0n) is 20.2. The average Bonchev–Trinajstić information content (AvgIpc) is 2.94. The first-order chi connectivity index (χ1) is 18.0. The first kappa shape index (κ1) is 25.4. The van der Waals surface area contributed by atoms with Gasteiger partial charge in [-0.05, 0) is 28.8 Å². The molecule has 0 radical (unpaired) electrons. The topological polar surface area (TPSA) is 85.2 Å². The van der Waals surface area contributed by atoms with Gasteiger partial charge in [-0.3, -0.25) is 4.52 Å². The van der Waals surface area contributed by atoms with Gasteiger partial charge in [0.2, 0.25) is 0 Å². The van der Waals surface area contributed by atoms with Gasteiger partial charge >= 0.3 is 7.60 Å². The van der Waals surface area contributed by atoms with Crippen LogP contribution in [0.2, 0.25) is 0 Å². The van der Waals surface area contributed by atoms with Gasteiger partial charge in [-0.25, -0.2) is 4.57 Å². The summed E-state index contributed by atoms with van der Waals surface area (Å²) >= 11 is 0. The van der Waals surface area contributed by atoms with E-state index < -0.39 is 31.5 Å². The summed E-state index contributed by atoms with van der Waals surface area (Å²) in [5.41, 5.74) is 1.57. The van der Waals surface area contributed by atoms with E-state index in [0.717, 1.165) is 16.7 Å². The molecule has 7 heteroatoms. The van der Waals surface area contributed by atoms with Crippen molar-refractivity contribution in [3.8, 4) is 5.75 Å². The van der Waals surface area contributed by atoms with Crippen molar-refractivity contribution in [1.29, 1.82) is 0 Å². The quantitative estimate of drug-likeness (QED) is 0.241. The van der Waals surface area contributed by atoms with Crippen molar-refractivity contribution in [3.05, 3.63) is 138 Å². The summed E-state index contributed by atoms with van der Waals surface area (Å²) in [6.45, 7) is -0.154. The smallest absolute Gasteiger partial charge is 0.382 e. The monoisotopic (exact) mass is 516 g/mol. The molecule has 4 aromatic rings. The molecule has 5 rings (SSSR count). The number of hydrogen-bond acceptors (Lipinski definition) is 6. The van der Waals surface area contributed by atoms with E-state index in [1.54, 1.807) is 24.3 Å². The van der Waals surface area contributed by atoms with Crippen molar-refractivity contribution in [2.45, 2.75) is 23.9 Å². The van der Waals surface area contributed by atoms with Crippen LogP contribution in [0.1, 0.15) is 16.7 Å². The van der Waals surface area contributed by atoms with Crippen LogP contribution in [0, 0.1) is 0 Å². The molecule has 0 aliphatic carbocycles. The van der Waals surface area contributed by atoms with Crippen LogP contribution in [-0.2, 0) is 19.4 Å². The maximum absolute atomic E-state index is 13.5. The molecule has 0 bridgehead atoms. The van der Waals surface area contributed by atoms with Crippen LogP contribution >= 0.6 is 7.60 Å². The van der Waals surface area contributed by atoms with Gasteiger partial charge in [0.25, 0.3) is 0 Å². The van der Waals surface area contributed by atoms with E-state index in [0.29, 0.717) is 5.75 Å².